The molecule has 0 aliphatic carbocycles. The number of nitrogens with zero attached hydrogens (tertiary/aromatic N) is 2. The Morgan fingerprint density at radius 3 is 1.86 bits per heavy atom. The first-order chi connectivity index (χ1) is 24.4. The molecule has 0 saturated carbocycles. The fourth-order valence-electron chi connectivity index (χ4n) is 4.73. The molecule has 0 atom stereocenters. The molecule has 10 heteroatoms. The SMILES string of the molecule is CC(C)(C)c1ccc(C(N)=O)cc1.CCCCCCCOc1ccc(-c2cnc(-c3ccc(CCC(=O)NC)cc3)nc2)cc1.NCCC(=O)O. The lowest BCUT2D eigenvalue weighted by atomic mass is 9.87. The van der Waals surface area contributed by atoms with Crippen molar-refractivity contribution in [1.29, 1.82) is 0 Å². The van der Waals surface area contributed by atoms with Gasteiger partial charge in [0.1, 0.15) is 5.75 Å². The number of unbranched alkanes of at least 4 members (excludes halogenated alkanes) is 4. The molecule has 0 fully saturated rings. The van der Waals surface area contributed by atoms with Gasteiger partial charge in [0.25, 0.3) is 0 Å². The van der Waals surface area contributed by atoms with Gasteiger partial charge in [0.2, 0.25) is 11.8 Å². The van der Waals surface area contributed by atoms with Crippen molar-refractivity contribution < 1.29 is 24.2 Å². The summed E-state index contributed by atoms with van der Waals surface area (Å²) in [6, 6.07) is 23.6. The summed E-state index contributed by atoms with van der Waals surface area (Å²) in [4.78, 5) is 40.8. The van der Waals surface area contributed by atoms with Crippen LogP contribution in [0.3, 0.4) is 0 Å². The molecule has 6 N–H and O–H groups in total. The zero-order valence-electron chi connectivity index (χ0n) is 30.8. The molecule has 0 saturated heterocycles. The number of aryl methyl sites for hydroxylation is 1. The van der Waals surface area contributed by atoms with E-state index in [0.29, 0.717) is 17.8 Å². The Kier molecular flexibility index (Phi) is 18.6. The first-order valence-electron chi connectivity index (χ1n) is 17.5. The third-order valence-corrected chi connectivity index (χ3v) is 7.88. The van der Waals surface area contributed by atoms with E-state index < -0.39 is 5.97 Å². The molecule has 3 aromatic carbocycles. The molecule has 10 nitrogen and oxygen atoms in total. The summed E-state index contributed by atoms with van der Waals surface area (Å²) < 4.78 is 5.85. The van der Waals surface area contributed by atoms with Gasteiger partial charge in [-0.3, -0.25) is 14.4 Å². The Morgan fingerprint density at radius 2 is 1.37 bits per heavy atom. The minimum Gasteiger partial charge on any atom is -0.494 e. The summed E-state index contributed by atoms with van der Waals surface area (Å²) in [5.41, 5.74) is 16.0. The lowest BCUT2D eigenvalue weighted by Crippen LogP contribution is -2.17. The third-order valence-electron chi connectivity index (χ3n) is 7.88. The molecule has 0 aliphatic heterocycles. The average Bonchev–Trinajstić information content (AvgIpc) is 3.13. The predicted molar refractivity (Wildman–Crippen MR) is 205 cm³/mol. The largest absolute Gasteiger partial charge is 0.494 e. The molecule has 51 heavy (non-hydrogen) atoms. The molecule has 0 aliphatic rings. The van der Waals surface area contributed by atoms with E-state index in [9.17, 15) is 14.4 Å². The molecule has 4 rings (SSSR count). The number of benzene rings is 3. The molecule has 0 spiro atoms. The average molecular weight is 698 g/mol. The number of amides is 2. The van der Waals surface area contributed by atoms with Crippen LogP contribution < -0.4 is 21.5 Å². The smallest absolute Gasteiger partial charge is 0.304 e. The molecule has 0 radical (unpaired) electrons. The fraction of sp³-hybridized carbons (Fsp3) is 0.390. The van der Waals surface area contributed by atoms with Crippen molar-refractivity contribution in [2.45, 2.75) is 84.5 Å². The van der Waals surface area contributed by atoms with Gasteiger partial charge in [0.05, 0.1) is 13.0 Å². The molecule has 0 unspecified atom stereocenters. The lowest BCUT2D eigenvalue weighted by Gasteiger charge is -2.18. The Labute approximate surface area is 303 Å². The topological polar surface area (TPSA) is 171 Å². The van der Waals surface area contributed by atoms with Gasteiger partial charge in [0, 0.05) is 49.1 Å². The van der Waals surface area contributed by atoms with Crippen molar-refractivity contribution in [3.63, 3.8) is 0 Å². The van der Waals surface area contributed by atoms with E-state index in [1.165, 1.54) is 31.2 Å². The summed E-state index contributed by atoms with van der Waals surface area (Å²) in [5.74, 6) is 0.431. The van der Waals surface area contributed by atoms with Crippen molar-refractivity contribution in [2.75, 3.05) is 20.2 Å². The van der Waals surface area contributed by atoms with Gasteiger partial charge in [0.15, 0.2) is 5.82 Å². The number of carbonyl (C=O) groups is 3. The highest BCUT2D eigenvalue weighted by Gasteiger charge is 2.13. The fourth-order valence-corrected chi connectivity index (χ4v) is 4.73. The second-order valence-electron chi connectivity index (χ2n) is 13.1. The number of rotatable bonds is 15. The van der Waals surface area contributed by atoms with Crippen LogP contribution in [0.4, 0.5) is 0 Å². The standard InChI is InChI=1S/C27H33N3O2.C11H15NO.C3H7NO2/c1-3-4-5-6-7-18-32-25-15-13-22(14-16-25)24-19-29-27(30-20-24)23-11-8-21(9-12-23)10-17-26(31)28-2;1-11(2,3)9-6-4-8(5-7-9)10(12)13;4-2-1-3(5)6/h8-9,11-16,19-20H,3-7,10,17-18H2,1-2H3,(H,28,31);4-7H,1-3H3,(H2,12,13);1-2,4H2,(H,5,6). The molecular formula is C41H55N5O5. The van der Waals surface area contributed by atoms with Crippen molar-refractivity contribution in [3.05, 3.63) is 102 Å². The van der Waals surface area contributed by atoms with Crippen LogP contribution in [0.1, 0.15) is 94.1 Å². The quantitative estimate of drug-likeness (QED) is 0.0935. The van der Waals surface area contributed by atoms with E-state index in [1.807, 2.05) is 73.1 Å². The summed E-state index contributed by atoms with van der Waals surface area (Å²) in [5, 5.41) is 10.5. The molecule has 4 aromatic rings. The first kappa shape index (κ1) is 42.1. The van der Waals surface area contributed by atoms with Crippen molar-refractivity contribution in [2.24, 2.45) is 11.5 Å². The van der Waals surface area contributed by atoms with Crippen LogP contribution in [0.2, 0.25) is 0 Å². The number of carboxylic acids is 1. The maximum Gasteiger partial charge on any atom is 0.304 e. The second-order valence-corrected chi connectivity index (χ2v) is 13.1. The Hall–Kier alpha value is -5.09. The molecule has 1 aromatic heterocycles. The van der Waals surface area contributed by atoms with Crippen LogP contribution in [0, 0.1) is 0 Å². The summed E-state index contributed by atoms with van der Waals surface area (Å²) in [6.07, 6.45) is 11.2. The molecule has 2 amide bonds. The Bertz CT molecular complexity index is 1600. The maximum atomic E-state index is 11.4. The number of carbonyl (C=O) groups excluding carboxylic acids is 2. The minimum atomic E-state index is -0.836. The molecule has 1 heterocycles. The van der Waals surface area contributed by atoms with Gasteiger partial charge in [-0.15, -0.1) is 0 Å². The van der Waals surface area contributed by atoms with Crippen LogP contribution in [0.25, 0.3) is 22.5 Å². The monoisotopic (exact) mass is 697 g/mol. The number of hydrogen-bond acceptors (Lipinski definition) is 7. The van der Waals surface area contributed by atoms with E-state index in [2.05, 4.69) is 43.0 Å². The number of primary amides is 1. The second kappa shape index (κ2) is 22.6. The summed E-state index contributed by atoms with van der Waals surface area (Å²) in [6.45, 7) is 9.62. The van der Waals surface area contributed by atoms with Gasteiger partial charge < -0.3 is 26.6 Å². The Balaban J connectivity index is 0.000000389. The summed E-state index contributed by atoms with van der Waals surface area (Å²) in [7, 11) is 1.66. The van der Waals surface area contributed by atoms with Crippen molar-refractivity contribution in [1.82, 2.24) is 15.3 Å². The first-order valence-corrected chi connectivity index (χ1v) is 17.5. The van der Waals surface area contributed by atoms with Crippen LogP contribution in [0.5, 0.6) is 5.75 Å². The van der Waals surface area contributed by atoms with Gasteiger partial charge in [-0.2, -0.15) is 0 Å². The maximum absolute atomic E-state index is 11.4. The van der Waals surface area contributed by atoms with Gasteiger partial charge in [-0.25, -0.2) is 9.97 Å². The molecular weight excluding hydrogens is 642 g/mol. The van der Waals surface area contributed by atoms with Crippen LogP contribution in [-0.4, -0.2) is 53.1 Å². The van der Waals surface area contributed by atoms with E-state index in [4.69, 9.17) is 21.3 Å². The van der Waals surface area contributed by atoms with E-state index >= 15 is 0 Å². The number of aromatic nitrogens is 2. The highest BCUT2D eigenvalue weighted by molar-refractivity contribution is 5.92. The zero-order valence-corrected chi connectivity index (χ0v) is 30.8. The van der Waals surface area contributed by atoms with Gasteiger partial charge >= 0.3 is 5.97 Å². The Morgan fingerprint density at radius 1 is 0.784 bits per heavy atom. The van der Waals surface area contributed by atoms with Crippen molar-refractivity contribution in [3.8, 4) is 28.3 Å². The van der Waals surface area contributed by atoms with E-state index in [-0.39, 0.29) is 30.2 Å². The number of aliphatic carboxylic acids is 1. The van der Waals surface area contributed by atoms with Crippen LogP contribution in [0.15, 0.2) is 85.2 Å². The molecule has 274 valence electrons. The van der Waals surface area contributed by atoms with Gasteiger partial charge in [-0.05, 0) is 59.2 Å². The zero-order chi connectivity index (χ0) is 37.6. The summed E-state index contributed by atoms with van der Waals surface area (Å²) >= 11 is 0. The highest BCUT2D eigenvalue weighted by Crippen LogP contribution is 2.24. The van der Waals surface area contributed by atoms with Crippen LogP contribution >= 0.6 is 0 Å². The number of hydrogen-bond donors (Lipinski definition) is 4. The predicted octanol–water partition coefficient (Wildman–Crippen LogP) is 7.34. The van der Waals surface area contributed by atoms with E-state index in [1.54, 1.807) is 19.2 Å². The van der Waals surface area contributed by atoms with Crippen molar-refractivity contribution >= 4 is 17.8 Å². The van der Waals surface area contributed by atoms with Crippen LogP contribution in [-0.2, 0) is 21.4 Å². The van der Waals surface area contributed by atoms with Gasteiger partial charge in [-0.1, -0.05) is 102 Å². The number of nitrogens with one attached hydrogen (secondary N) is 1. The number of ether oxygens (including phenoxy) is 1. The minimum absolute atomic E-state index is 0.0509. The third kappa shape index (κ3) is 16.4. The number of nitrogens with two attached hydrogens (primary N) is 2. The lowest BCUT2D eigenvalue weighted by molar-refractivity contribution is -0.136. The normalized spacial score (nSPS) is 10.5. The number of carboxylic acid groups (broad SMARTS) is 1. The molecule has 0 bridgehead atoms. The van der Waals surface area contributed by atoms with E-state index in [0.717, 1.165) is 47.5 Å². The highest BCUT2D eigenvalue weighted by atomic mass is 16.5.